The smallest absolute Gasteiger partial charge is 0.254 e. The van der Waals surface area contributed by atoms with Crippen molar-refractivity contribution >= 4 is 17.5 Å². The van der Waals surface area contributed by atoms with E-state index in [1.54, 1.807) is 17.9 Å². The number of amides is 1. The third-order valence-electron chi connectivity index (χ3n) is 2.13. The average Bonchev–Trinajstić information content (AvgIpc) is 2.53. The van der Waals surface area contributed by atoms with Gasteiger partial charge in [0, 0.05) is 25.7 Å². The highest BCUT2D eigenvalue weighted by atomic mass is 35.5. The van der Waals surface area contributed by atoms with Crippen LogP contribution in [0.15, 0.2) is 6.20 Å². The van der Waals surface area contributed by atoms with Gasteiger partial charge >= 0.3 is 0 Å². The van der Waals surface area contributed by atoms with Crippen LogP contribution in [-0.2, 0) is 7.05 Å². The minimum absolute atomic E-state index is 0.0856. The van der Waals surface area contributed by atoms with Crippen molar-refractivity contribution in [2.24, 2.45) is 13.0 Å². The quantitative estimate of drug-likeness (QED) is 0.792. The molecule has 0 aliphatic heterocycles. The SMILES string of the molecule is Cc1nn(C)cc1C(=O)NCC(C)CCl. The third-order valence-corrected chi connectivity index (χ3v) is 2.66. The van der Waals surface area contributed by atoms with E-state index in [-0.39, 0.29) is 11.8 Å². The van der Waals surface area contributed by atoms with Crippen LogP contribution in [0.2, 0.25) is 0 Å². The van der Waals surface area contributed by atoms with E-state index in [2.05, 4.69) is 10.4 Å². The second-order valence-corrected chi connectivity index (χ2v) is 4.08. The van der Waals surface area contributed by atoms with Crippen LogP contribution in [0.25, 0.3) is 0 Å². The number of aromatic nitrogens is 2. The van der Waals surface area contributed by atoms with Gasteiger partial charge in [0.15, 0.2) is 0 Å². The number of rotatable bonds is 4. The molecule has 1 unspecified atom stereocenters. The number of hydrogen-bond acceptors (Lipinski definition) is 2. The van der Waals surface area contributed by atoms with Crippen molar-refractivity contribution in [3.8, 4) is 0 Å². The summed E-state index contributed by atoms with van der Waals surface area (Å²) in [6.07, 6.45) is 1.72. The molecule has 0 aliphatic rings. The van der Waals surface area contributed by atoms with E-state index in [1.165, 1.54) is 0 Å². The molecule has 0 aromatic carbocycles. The van der Waals surface area contributed by atoms with Gasteiger partial charge in [-0.3, -0.25) is 9.48 Å². The summed E-state index contributed by atoms with van der Waals surface area (Å²) in [7, 11) is 1.80. The van der Waals surface area contributed by atoms with E-state index in [0.29, 0.717) is 18.0 Å². The standard InChI is InChI=1S/C10H16ClN3O/c1-7(4-11)5-12-10(15)9-6-14(3)13-8(9)2/h6-7H,4-5H2,1-3H3,(H,12,15). The maximum atomic E-state index is 11.7. The fourth-order valence-corrected chi connectivity index (χ4v) is 1.35. The maximum absolute atomic E-state index is 11.7. The molecule has 1 amide bonds. The predicted molar refractivity (Wildman–Crippen MR) is 60.2 cm³/mol. The van der Waals surface area contributed by atoms with Crippen LogP contribution in [0.3, 0.4) is 0 Å². The number of halogens is 1. The highest BCUT2D eigenvalue weighted by Crippen LogP contribution is 2.04. The molecule has 1 aromatic rings. The Morgan fingerprint density at radius 1 is 1.73 bits per heavy atom. The molecular formula is C10H16ClN3O. The molecular weight excluding hydrogens is 214 g/mol. The van der Waals surface area contributed by atoms with E-state index in [0.717, 1.165) is 5.69 Å². The van der Waals surface area contributed by atoms with Crippen LogP contribution in [-0.4, -0.2) is 28.1 Å². The minimum Gasteiger partial charge on any atom is -0.352 e. The lowest BCUT2D eigenvalue weighted by Gasteiger charge is -2.08. The highest BCUT2D eigenvalue weighted by Gasteiger charge is 2.12. The number of carbonyl (C=O) groups is 1. The largest absolute Gasteiger partial charge is 0.352 e. The first kappa shape index (κ1) is 12.0. The van der Waals surface area contributed by atoms with Gasteiger partial charge in [0.1, 0.15) is 0 Å². The van der Waals surface area contributed by atoms with Crippen molar-refractivity contribution in [2.45, 2.75) is 13.8 Å². The Balaban J connectivity index is 2.58. The van der Waals surface area contributed by atoms with Crippen LogP contribution >= 0.6 is 11.6 Å². The molecule has 0 aliphatic carbocycles. The molecule has 4 nitrogen and oxygen atoms in total. The molecule has 0 spiro atoms. The molecule has 1 atom stereocenters. The summed E-state index contributed by atoms with van der Waals surface area (Å²) < 4.78 is 1.63. The monoisotopic (exact) mass is 229 g/mol. The lowest BCUT2D eigenvalue weighted by Crippen LogP contribution is -2.29. The first-order valence-electron chi connectivity index (χ1n) is 4.89. The molecule has 0 saturated carbocycles. The fourth-order valence-electron chi connectivity index (χ4n) is 1.24. The van der Waals surface area contributed by atoms with Crippen LogP contribution in [0, 0.1) is 12.8 Å². The normalized spacial score (nSPS) is 12.5. The molecule has 1 N–H and O–H groups in total. The molecule has 0 bridgehead atoms. The molecule has 0 saturated heterocycles. The molecule has 15 heavy (non-hydrogen) atoms. The van der Waals surface area contributed by atoms with Crippen molar-refractivity contribution in [1.82, 2.24) is 15.1 Å². The second kappa shape index (κ2) is 5.16. The van der Waals surface area contributed by atoms with E-state index >= 15 is 0 Å². The minimum atomic E-state index is -0.0856. The zero-order valence-electron chi connectivity index (χ0n) is 9.25. The molecule has 0 radical (unpaired) electrons. The van der Waals surface area contributed by atoms with Crippen molar-refractivity contribution in [3.05, 3.63) is 17.5 Å². The first-order chi connectivity index (χ1) is 7.04. The molecule has 1 heterocycles. The van der Waals surface area contributed by atoms with Crippen molar-refractivity contribution < 1.29 is 4.79 Å². The fraction of sp³-hybridized carbons (Fsp3) is 0.600. The topological polar surface area (TPSA) is 46.9 Å². The van der Waals surface area contributed by atoms with Gasteiger partial charge < -0.3 is 5.32 Å². The summed E-state index contributed by atoms with van der Waals surface area (Å²) in [6, 6.07) is 0. The second-order valence-electron chi connectivity index (χ2n) is 3.77. The Hall–Kier alpha value is -1.03. The maximum Gasteiger partial charge on any atom is 0.254 e. The number of carbonyl (C=O) groups excluding carboxylic acids is 1. The van der Waals surface area contributed by atoms with Crippen LogP contribution < -0.4 is 5.32 Å². The van der Waals surface area contributed by atoms with E-state index < -0.39 is 0 Å². The molecule has 5 heteroatoms. The number of nitrogens with zero attached hydrogens (tertiary/aromatic N) is 2. The summed E-state index contributed by atoms with van der Waals surface area (Å²) in [5.74, 6) is 0.747. The molecule has 1 aromatic heterocycles. The van der Waals surface area contributed by atoms with Gasteiger partial charge in [-0.05, 0) is 12.8 Å². The van der Waals surface area contributed by atoms with Crippen molar-refractivity contribution in [1.29, 1.82) is 0 Å². The molecule has 1 rings (SSSR count). The first-order valence-corrected chi connectivity index (χ1v) is 5.42. The zero-order valence-corrected chi connectivity index (χ0v) is 10.0. The molecule has 84 valence electrons. The zero-order chi connectivity index (χ0) is 11.4. The summed E-state index contributed by atoms with van der Waals surface area (Å²) in [5, 5.41) is 6.94. The van der Waals surface area contributed by atoms with Gasteiger partial charge in [0.25, 0.3) is 5.91 Å². The highest BCUT2D eigenvalue weighted by molar-refractivity contribution is 6.18. The summed E-state index contributed by atoms with van der Waals surface area (Å²) in [5.41, 5.74) is 1.37. The Kier molecular flexibility index (Phi) is 4.15. The van der Waals surface area contributed by atoms with E-state index in [1.807, 2.05) is 13.8 Å². The van der Waals surface area contributed by atoms with Gasteiger partial charge in [0.05, 0.1) is 11.3 Å². The van der Waals surface area contributed by atoms with Gasteiger partial charge in [0.2, 0.25) is 0 Å². The Morgan fingerprint density at radius 2 is 2.40 bits per heavy atom. The van der Waals surface area contributed by atoms with E-state index in [4.69, 9.17) is 11.6 Å². The lowest BCUT2D eigenvalue weighted by atomic mass is 10.2. The van der Waals surface area contributed by atoms with Crippen LogP contribution in [0.1, 0.15) is 23.0 Å². The van der Waals surface area contributed by atoms with Crippen molar-refractivity contribution in [2.75, 3.05) is 12.4 Å². The van der Waals surface area contributed by atoms with Gasteiger partial charge in [-0.1, -0.05) is 6.92 Å². The summed E-state index contributed by atoms with van der Waals surface area (Å²) >= 11 is 5.65. The summed E-state index contributed by atoms with van der Waals surface area (Å²) in [4.78, 5) is 11.7. The Morgan fingerprint density at radius 3 is 2.87 bits per heavy atom. The predicted octanol–water partition coefficient (Wildman–Crippen LogP) is 1.33. The van der Waals surface area contributed by atoms with E-state index in [9.17, 15) is 4.79 Å². The Bertz CT molecular complexity index is 348. The number of alkyl halides is 1. The lowest BCUT2D eigenvalue weighted by molar-refractivity contribution is 0.0948. The van der Waals surface area contributed by atoms with Gasteiger partial charge in [-0.25, -0.2) is 0 Å². The average molecular weight is 230 g/mol. The summed E-state index contributed by atoms with van der Waals surface area (Å²) in [6.45, 7) is 4.40. The van der Waals surface area contributed by atoms with Gasteiger partial charge in [-0.15, -0.1) is 11.6 Å². The number of nitrogens with one attached hydrogen (secondary N) is 1. The van der Waals surface area contributed by atoms with Gasteiger partial charge in [-0.2, -0.15) is 5.10 Å². The van der Waals surface area contributed by atoms with Crippen molar-refractivity contribution in [3.63, 3.8) is 0 Å². The number of hydrogen-bond donors (Lipinski definition) is 1. The van der Waals surface area contributed by atoms with Crippen LogP contribution in [0.4, 0.5) is 0 Å². The van der Waals surface area contributed by atoms with Crippen LogP contribution in [0.5, 0.6) is 0 Å². The third kappa shape index (κ3) is 3.23. The number of aryl methyl sites for hydroxylation is 2. The Labute approximate surface area is 94.6 Å². The molecule has 0 fully saturated rings.